The van der Waals surface area contributed by atoms with Gasteiger partial charge in [-0.05, 0) is 48.4 Å². The Morgan fingerprint density at radius 2 is 2.03 bits per heavy atom. The zero-order valence-corrected chi connectivity index (χ0v) is 17.2. The Kier molecular flexibility index (Phi) is 5.35. The molecule has 0 aliphatic heterocycles. The summed E-state index contributed by atoms with van der Waals surface area (Å²) in [5.74, 6) is 0.763. The summed E-state index contributed by atoms with van der Waals surface area (Å²) in [6.45, 7) is 4.42. The first kappa shape index (κ1) is 19.6. The lowest BCUT2D eigenvalue weighted by atomic mass is 9.82. The lowest BCUT2D eigenvalue weighted by molar-refractivity contribution is 0.0961. The van der Waals surface area contributed by atoms with Crippen LogP contribution in [0.5, 0.6) is 11.5 Å². The summed E-state index contributed by atoms with van der Waals surface area (Å²) in [4.78, 5) is 13.2. The molecule has 2 unspecified atom stereocenters. The van der Waals surface area contributed by atoms with Crippen LogP contribution >= 0.6 is 11.3 Å². The Morgan fingerprint density at radius 3 is 2.69 bits per heavy atom. The number of fused-ring (bicyclic) bond motifs is 1. The highest BCUT2D eigenvalue weighted by atomic mass is 32.1. The predicted molar refractivity (Wildman–Crippen MR) is 107 cm³/mol. The second kappa shape index (κ2) is 7.94. The molecular formula is C19H22FN5O3S. The molecule has 0 bridgehead atoms. The smallest absolute Gasteiger partial charge is 0.272 e. The first-order chi connectivity index (χ1) is 13.9. The molecule has 154 valence electrons. The van der Waals surface area contributed by atoms with E-state index in [1.807, 2.05) is 0 Å². The van der Waals surface area contributed by atoms with Crippen LogP contribution in [-0.2, 0) is 0 Å². The van der Waals surface area contributed by atoms with Gasteiger partial charge in [0.1, 0.15) is 4.88 Å². The van der Waals surface area contributed by atoms with Crippen molar-refractivity contribution in [1.29, 1.82) is 0 Å². The minimum atomic E-state index is -0.488. The number of rotatable bonds is 5. The summed E-state index contributed by atoms with van der Waals surface area (Å²) in [6, 6.07) is 2.94. The molecule has 0 spiro atoms. The van der Waals surface area contributed by atoms with Gasteiger partial charge >= 0.3 is 0 Å². The molecule has 0 radical (unpaired) electrons. The van der Waals surface area contributed by atoms with Gasteiger partial charge in [0.25, 0.3) is 11.9 Å². The topological polar surface area (TPSA) is 102 Å². The highest BCUT2D eigenvalue weighted by molar-refractivity contribution is 7.21. The molecule has 4 rings (SSSR count). The van der Waals surface area contributed by atoms with Crippen molar-refractivity contribution >= 4 is 33.3 Å². The predicted octanol–water partition coefficient (Wildman–Crippen LogP) is 4.02. The number of hydrogen-bond donors (Lipinski definition) is 2. The van der Waals surface area contributed by atoms with Gasteiger partial charge in [0.05, 0.1) is 13.2 Å². The van der Waals surface area contributed by atoms with E-state index in [4.69, 9.17) is 9.47 Å². The standard InChI is InChI=1S/C19H22FN5O3S/c1-9-4-10(2)6-11(5-9)28-16-12-7-14(27-3)13(20)8-15(12)29-17(16)18(26)21-19-22-24-25-23-19/h7-11H,4-6H2,1-3H3,(H2,21,22,23,24,25,26). The van der Waals surface area contributed by atoms with Crippen LogP contribution in [0.25, 0.3) is 10.1 Å². The summed E-state index contributed by atoms with van der Waals surface area (Å²) in [7, 11) is 1.41. The van der Waals surface area contributed by atoms with Gasteiger partial charge in [-0.1, -0.05) is 18.9 Å². The maximum atomic E-state index is 14.2. The Bertz CT molecular complexity index is 1010. The number of carbonyl (C=O) groups excluding carboxylic acids is 1. The van der Waals surface area contributed by atoms with Gasteiger partial charge in [-0.2, -0.15) is 5.21 Å². The summed E-state index contributed by atoms with van der Waals surface area (Å²) in [5.41, 5.74) is 0. The van der Waals surface area contributed by atoms with Crippen LogP contribution in [0.2, 0.25) is 0 Å². The van der Waals surface area contributed by atoms with E-state index in [1.165, 1.54) is 13.2 Å². The van der Waals surface area contributed by atoms with Gasteiger partial charge in [-0.25, -0.2) is 4.39 Å². The van der Waals surface area contributed by atoms with Crippen molar-refractivity contribution < 1.29 is 18.7 Å². The van der Waals surface area contributed by atoms with Crippen molar-refractivity contribution in [3.05, 3.63) is 22.8 Å². The largest absolute Gasteiger partial charge is 0.494 e. The molecule has 2 aromatic heterocycles. The van der Waals surface area contributed by atoms with Crippen LogP contribution < -0.4 is 14.8 Å². The lowest BCUT2D eigenvalue weighted by Crippen LogP contribution is -2.29. The number of aromatic amines is 1. The first-order valence-corrected chi connectivity index (χ1v) is 10.3. The van der Waals surface area contributed by atoms with Crippen molar-refractivity contribution in [2.45, 2.75) is 39.2 Å². The second-order valence-corrected chi connectivity index (χ2v) is 8.64. The number of hydrogen-bond acceptors (Lipinski definition) is 7. The highest BCUT2D eigenvalue weighted by Gasteiger charge is 2.29. The third kappa shape index (κ3) is 4.02. The number of nitrogens with zero attached hydrogens (tertiary/aromatic N) is 3. The van der Waals surface area contributed by atoms with E-state index in [-0.39, 0.29) is 17.8 Å². The lowest BCUT2D eigenvalue weighted by Gasteiger charge is -2.31. The molecule has 1 aliphatic carbocycles. The maximum absolute atomic E-state index is 14.2. The Labute approximate surface area is 170 Å². The van der Waals surface area contributed by atoms with Gasteiger partial charge in [-0.15, -0.1) is 16.4 Å². The fourth-order valence-electron chi connectivity index (χ4n) is 4.01. The molecule has 2 heterocycles. The van der Waals surface area contributed by atoms with Crippen molar-refractivity contribution in [2.24, 2.45) is 11.8 Å². The number of thiophene rings is 1. The number of benzene rings is 1. The van der Waals surface area contributed by atoms with Crippen molar-refractivity contribution in [3.8, 4) is 11.5 Å². The number of aromatic nitrogens is 4. The van der Waals surface area contributed by atoms with Crippen LogP contribution in [-0.4, -0.2) is 39.7 Å². The zero-order valence-electron chi connectivity index (χ0n) is 16.4. The normalized spacial score (nSPS) is 21.9. The van der Waals surface area contributed by atoms with Gasteiger partial charge in [0, 0.05) is 10.1 Å². The first-order valence-electron chi connectivity index (χ1n) is 9.46. The summed E-state index contributed by atoms with van der Waals surface area (Å²) in [6.07, 6.45) is 2.96. The summed E-state index contributed by atoms with van der Waals surface area (Å²) < 4.78 is 26.3. The van der Waals surface area contributed by atoms with E-state index in [2.05, 4.69) is 39.8 Å². The van der Waals surface area contributed by atoms with Crippen molar-refractivity contribution in [2.75, 3.05) is 12.4 Å². The zero-order chi connectivity index (χ0) is 20.5. The van der Waals surface area contributed by atoms with Crippen molar-refractivity contribution in [1.82, 2.24) is 20.6 Å². The number of amides is 1. The van der Waals surface area contributed by atoms with Crippen LogP contribution in [0, 0.1) is 17.7 Å². The molecule has 8 nitrogen and oxygen atoms in total. The fourth-order valence-corrected chi connectivity index (χ4v) is 5.05. The number of methoxy groups -OCH3 is 1. The summed E-state index contributed by atoms with van der Waals surface area (Å²) >= 11 is 1.16. The Hall–Kier alpha value is -2.75. The Balaban J connectivity index is 1.74. The number of halogens is 1. The minimum absolute atomic E-state index is 0.0145. The highest BCUT2D eigenvalue weighted by Crippen LogP contribution is 2.43. The quantitative estimate of drug-likeness (QED) is 0.648. The monoisotopic (exact) mass is 419 g/mol. The van der Waals surface area contributed by atoms with Crippen LogP contribution in [0.3, 0.4) is 0 Å². The van der Waals surface area contributed by atoms with E-state index in [9.17, 15) is 9.18 Å². The molecule has 29 heavy (non-hydrogen) atoms. The van der Waals surface area contributed by atoms with Gasteiger partial charge in [0.2, 0.25) is 0 Å². The minimum Gasteiger partial charge on any atom is -0.494 e. The maximum Gasteiger partial charge on any atom is 0.272 e. The van der Waals surface area contributed by atoms with Crippen molar-refractivity contribution in [3.63, 3.8) is 0 Å². The van der Waals surface area contributed by atoms with E-state index in [0.717, 1.165) is 30.6 Å². The number of tetrazole rings is 1. The van der Waals surface area contributed by atoms with Crippen LogP contribution in [0.4, 0.5) is 10.3 Å². The van der Waals surface area contributed by atoms with E-state index in [0.29, 0.717) is 32.5 Å². The van der Waals surface area contributed by atoms with E-state index >= 15 is 0 Å². The molecule has 1 aliphatic rings. The van der Waals surface area contributed by atoms with Crippen LogP contribution in [0.15, 0.2) is 12.1 Å². The SMILES string of the molecule is COc1cc2c(OC3CC(C)CC(C)C3)c(C(=O)Nc3nn[nH]n3)sc2cc1F. The molecule has 3 aromatic rings. The third-order valence-corrected chi connectivity index (χ3v) is 6.25. The van der Waals surface area contributed by atoms with Gasteiger partial charge < -0.3 is 9.47 Å². The molecule has 1 saturated carbocycles. The second-order valence-electron chi connectivity index (χ2n) is 7.59. The number of H-pyrrole nitrogens is 1. The van der Waals surface area contributed by atoms with E-state index in [1.54, 1.807) is 6.07 Å². The average Bonchev–Trinajstić information content (AvgIpc) is 3.28. The van der Waals surface area contributed by atoms with Crippen LogP contribution in [0.1, 0.15) is 42.8 Å². The molecule has 1 amide bonds. The molecule has 10 heteroatoms. The van der Waals surface area contributed by atoms with E-state index < -0.39 is 11.7 Å². The number of anilines is 1. The summed E-state index contributed by atoms with van der Waals surface area (Å²) in [5, 5.41) is 16.5. The molecule has 1 fully saturated rings. The molecule has 2 N–H and O–H groups in total. The number of carbonyl (C=O) groups is 1. The Morgan fingerprint density at radius 1 is 1.28 bits per heavy atom. The average molecular weight is 419 g/mol. The fraction of sp³-hybridized carbons (Fsp3) is 0.474. The number of ether oxygens (including phenoxy) is 2. The third-order valence-electron chi connectivity index (χ3n) is 5.11. The molecular weight excluding hydrogens is 397 g/mol. The molecule has 1 aromatic carbocycles. The number of nitrogens with one attached hydrogen (secondary N) is 2. The molecule has 0 saturated heterocycles. The molecule has 2 atom stereocenters. The van der Waals surface area contributed by atoms with Gasteiger partial charge in [-0.3, -0.25) is 10.1 Å². The van der Waals surface area contributed by atoms with Gasteiger partial charge in [0.15, 0.2) is 17.3 Å².